The molecule has 1 unspecified atom stereocenters. The molecule has 3 aliphatic rings. The summed E-state index contributed by atoms with van der Waals surface area (Å²) in [5, 5.41) is 22.4. The van der Waals surface area contributed by atoms with Crippen LogP contribution in [0.15, 0.2) is 60.7 Å². The van der Waals surface area contributed by atoms with E-state index in [0.717, 1.165) is 0 Å². The van der Waals surface area contributed by atoms with Gasteiger partial charge in [-0.25, -0.2) is 4.90 Å². The third-order valence-corrected chi connectivity index (χ3v) is 8.24. The second-order valence-electron chi connectivity index (χ2n) is 9.88. The lowest BCUT2D eigenvalue weighted by atomic mass is 9.66. The Morgan fingerprint density at radius 3 is 2.50 bits per heavy atom. The van der Waals surface area contributed by atoms with E-state index >= 15 is 0 Å². The van der Waals surface area contributed by atoms with Crippen molar-refractivity contribution in [1.29, 1.82) is 5.26 Å². The van der Waals surface area contributed by atoms with Crippen molar-refractivity contribution in [3.63, 3.8) is 0 Å². The molecule has 7 nitrogen and oxygen atoms in total. The van der Waals surface area contributed by atoms with E-state index in [0.29, 0.717) is 39.2 Å². The number of amides is 2. The molecule has 2 bridgehead atoms. The molecule has 3 saturated heterocycles. The van der Waals surface area contributed by atoms with E-state index in [1.807, 2.05) is 12.1 Å². The van der Waals surface area contributed by atoms with Gasteiger partial charge in [0.2, 0.25) is 11.8 Å². The van der Waals surface area contributed by atoms with Crippen LogP contribution in [0.3, 0.4) is 0 Å². The number of anilines is 1. The van der Waals surface area contributed by atoms with Crippen molar-refractivity contribution in [1.82, 2.24) is 0 Å². The predicted molar refractivity (Wildman–Crippen MR) is 133 cm³/mol. The summed E-state index contributed by atoms with van der Waals surface area (Å²) in [5.41, 5.74) is -1.28. The molecule has 182 valence electrons. The van der Waals surface area contributed by atoms with E-state index < -0.39 is 29.1 Å². The number of hydrogen-bond acceptors (Lipinski definition) is 6. The van der Waals surface area contributed by atoms with Crippen LogP contribution < -0.4 is 9.64 Å². The maximum Gasteiger partial charge on any atom is 0.240 e. The van der Waals surface area contributed by atoms with E-state index in [1.165, 1.54) is 4.90 Å². The van der Waals surface area contributed by atoms with Crippen LogP contribution in [0.5, 0.6) is 5.75 Å². The Morgan fingerprint density at radius 2 is 1.78 bits per heavy atom. The normalized spacial score (nSPS) is 30.6. The monoisotopic (exact) mass is 502 g/mol. The van der Waals surface area contributed by atoms with Crippen molar-refractivity contribution in [2.45, 2.75) is 37.1 Å². The molecular weight excluding hydrogens is 480 g/mol. The minimum absolute atomic E-state index is 0.245. The fourth-order valence-corrected chi connectivity index (χ4v) is 6.44. The molecule has 0 spiro atoms. The first-order chi connectivity index (χ1) is 17.3. The number of imide groups is 1. The largest absolute Gasteiger partial charge is 0.493 e. The number of carbonyl (C=O) groups excluding carboxylic acids is 2. The summed E-state index contributed by atoms with van der Waals surface area (Å²) in [6.45, 7) is 1.96. The standard InChI is InChI=1S/C28H23ClN2O5/c1-27-22(32)14-28(36-27,12-13-35-18-9-7-17(29)8-10-18)24-23(27)25(33)31(26(24)34)21-11-6-16(15-30)19-4-2-3-5-20(19)21/h2-11,22-24,32H,12-14H2,1H3/t22?,23-,24+,27-,28+/m0/s1. The number of carbonyl (C=O) groups is 2. The van der Waals surface area contributed by atoms with Crippen molar-refractivity contribution in [3.05, 3.63) is 71.2 Å². The van der Waals surface area contributed by atoms with Crippen LogP contribution in [0.2, 0.25) is 5.02 Å². The van der Waals surface area contributed by atoms with Gasteiger partial charge in [0.05, 0.1) is 47.5 Å². The van der Waals surface area contributed by atoms with Gasteiger partial charge < -0.3 is 14.6 Å². The highest BCUT2D eigenvalue weighted by atomic mass is 35.5. The number of nitrogens with zero attached hydrogens (tertiary/aromatic N) is 2. The van der Waals surface area contributed by atoms with Crippen LogP contribution in [0.1, 0.15) is 25.3 Å². The molecule has 1 N–H and O–H groups in total. The molecule has 0 aromatic heterocycles. The van der Waals surface area contributed by atoms with E-state index in [9.17, 15) is 20.0 Å². The Labute approximate surface area is 212 Å². The van der Waals surface area contributed by atoms with Gasteiger partial charge in [0.15, 0.2) is 0 Å². The molecule has 5 atom stereocenters. The number of halogens is 1. The quantitative estimate of drug-likeness (QED) is 0.524. The molecule has 2 amide bonds. The van der Waals surface area contributed by atoms with Gasteiger partial charge in [-0.3, -0.25) is 9.59 Å². The highest BCUT2D eigenvalue weighted by Crippen LogP contribution is 2.62. The van der Waals surface area contributed by atoms with Gasteiger partial charge in [0.1, 0.15) is 11.4 Å². The Hall–Kier alpha value is -3.44. The number of fused-ring (bicyclic) bond motifs is 6. The minimum Gasteiger partial charge on any atom is -0.493 e. The maximum atomic E-state index is 13.9. The first-order valence-corrected chi connectivity index (χ1v) is 12.2. The van der Waals surface area contributed by atoms with Gasteiger partial charge in [-0.2, -0.15) is 5.26 Å². The molecule has 3 heterocycles. The number of rotatable bonds is 5. The summed E-state index contributed by atoms with van der Waals surface area (Å²) in [6.07, 6.45) is -0.302. The predicted octanol–water partition coefficient (Wildman–Crippen LogP) is 4.23. The van der Waals surface area contributed by atoms with Gasteiger partial charge in [-0.1, -0.05) is 35.9 Å². The summed E-state index contributed by atoms with van der Waals surface area (Å²) >= 11 is 5.95. The lowest BCUT2D eigenvalue weighted by molar-refractivity contribution is -0.134. The third kappa shape index (κ3) is 3.12. The average Bonchev–Trinajstić information content (AvgIpc) is 3.41. The van der Waals surface area contributed by atoms with Crippen molar-refractivity contribution in [2.75, 3.05) is 11.5 Å². The topological polar surface area (TPSA) is 99.9 Å². The van der Waals surface area contributed by atoms with Gasteiger partial charge >= 0.3 is 0 Å². The SMILES string of the molecule is C[C@]12O[C@](CCOc3ccc(Cl)cc3)(CC1O)[C@H]1C(=O)N(c3ccc(C#N)c4ccccc34)C(=O)[C@H]12. The van der Waals surface area contributed by atoms with Crippen molar-refractivity contribution < 1.29 is 24.2 Å². The van der Waals surface area contributed by atoms with E-state index in [2.05, 4.69) is 6.07 Å². The molecule has 3 aliphatic heterocycles. The van der Waals surface area contributed by atoms with E-state index in [4.69, 9.17) is 21.1 Å². The third-order valence-electron chi connectivity index (χ3n) is 7.98. The zero-order chi connectivity index (χ0) is 25.2. The summed E-state index contributed by atoms with van der Waals surface area (Å²) in [5.74, 6) is -1.64. The number of benzene rings is 3. The zero-order valence-electron chi connectivity index (χ0n) is 19.5. The lowest BCUT2D eigenvalue weighted by Gasteiger charge is -2.33. The smallest absolute Gasteiger partial charge is 0.240 e. The van der Waals surface area contributed by atoms with Gasteiger partial charge in [0.25, 0.3) is 0 Å². The Morgan fingerprint density at radius 1 is 1.08 bits per heavy atom. The summed E-state index contributed by atoms with van der Waals surface area (Å²) < 4.78 is 12.3. The number of hydrogen-bond donors (Lipinski definition) is 1. The molecule has 3 aromatic rings. The number of nitriles is 1. The van der Waals surface area contributed by atoms with Crippen LogP contribution in [-0.2, 0) is 14.3 Å². The summed E-state index contributed by atoms with van der Waals surface area (Å²) in [4.78, 5) is 29.0. The molecule has 0 aliphatic carbocycles. The fraction of sp³-hybridized carbons (Fsp3) is 0.321. The maximum absolute atomic E-state index is 13.9. The van der Waals surface area contributed by atoms with Crippen LogP contribution in [0.4, 0.5) is 5.69 Å². The summed E-state index contributed by atoms with van der Waals surface area (Å²) in [7, 11) is 0. The lowest BCUT2D eigenvalue weighted by Crippen LogP contribution is -2.49. The van der Waals surface area contributed by atoms with Crippen LogP contribution in [0.25, 0.3) is 10.8 Å². The average molecular weight is 503 g/mol. The first-order valence-electron chi connectivity index (χ1n) is 11.9. The number of ether oxygens (including phenoxy) is 2. The molecule has 6 rings (SSSR count). The summed E-state index contributed by atoms with van der Waals surface area (Å²) in [6, 6.07) is 19.7. The van der Waals surface area contributed by atoms with E-state index in [-0.39, 0.29) is 24.8 Å². The minimum atomic E-state index is -1.17. The second-order valence-corrected chi connectivity index (χ2v) is 10.3. The van der Waals surface area contributed by atoms with Crippen LogP contribution in [-0.4, -0.2) is 40.8 Å². The first kappa shape index (κ1) is 23.0. The Kier molecular flexibility index (Phi) is 5.13. The van der Waals surface area contributed by atoms with Gasteiger partial charge in [0, 0.05) is 28.6 Å². The molecular formula is C28H23ClN2O5. The molecule has 3 aromatic carbocycles. The molecule has 3 fully saturated rings. The Balaban J connectivity index is 1.35. The van der Waals surface area contributed by atoms with E-state index in [1.54, 1.807) is 55.5 Å². The van der Waals surface area contributed by atoms with Crippen molar-refractivity contribution >= 4 is 39.9 Å². The fourth-order valence-electron chi connectivity index (χ4n) is 6.31. The Bertz CT molecular complexity index is 1450. The van der Waals surface area contributed by atoms with Crippen molar-refractivity contribution in [2.24, 2.45) is 11.8 Å². The second kappa shape index (κ2) is 8.04. The highest BCUT2D eigenvalue weighted by molar-refractivity contribution is 6.30. The van der Waals surface area contributed by atoms with Crippen LogP contribution in [0, 0.1) is 23.2 Å². The highest BCUT2D eigenvalue weighted by Gasteiger charge is 2.77. The van der Waals surface area contributed by atoms with Gasteiger partial charge in [-0.05, 0) is 43.3 Å². The number of aliphatic hydroxyl groups excluding tert-OH is 1. The molecule has 8 heteroatoms. The van der Waals surface area contributed by atoms with Crippen molar-refractivity contribution in [3.8, 4) is 11.8 Å². The van der Waals surface area contributed by atoms with Gasteiger partial charge in [-0.15, -0.1) is 0 Å². The molecule has 0 saturated carbocycles. The zero-order valence-corrected chi connectivity index (χ0v) is 20.2. The molecule has 0 radical (unpaired) electrons. The van der Waals surface area contributed by atoms with Crippen LogP contribution >= 0.6 is 11.6 Å². The number of aliphatic hydroxyl groups is 1. The molecule has 36 heavy (non-hydrogen) atoms.